The van der Waals surface area contributed by atoms with Crippen LogP contribution < -0.4 is 5.73 Å². The highest BCUT2D eigenvalue weighted by atomic mass is 15.6. The number of anilines is 1. The van der Waals surface area contributed by atoms with Crippen LogP contribution in [0, 0.1) is 0 Å². The molecular formula is C8H16N6. The first kappa shape index (κ1) is 9.39. The van der Waals surface area contributed by atoms with Crippen LogP contribution in [0.1, 0.15) is 25.8 Å². The summed E-state index contributed by atoms with van der Waals surface area (Å²) in [5, 5.41) is 11.2. The Morgan fingerprint density at radius 2 is 2.29 bits per heavy atom. The highest BCUT2D eigenvalue weighted by Crippen LogP contribution is 2.25. The molecule has 6 nitrogen and oxygen atoms in total. The summed E-state index contributed by atoms with van der Waals surface area (Å²) in [4.78, 5) is 2.34. The van der Waals surface area contributed by atoms with Gasteiger partial charge in [0.1, 0.15) is 0 Å². The Bertz CT molecular complexity index is 309. The smallest absolute Gasteiger partial charge is 0.240 e. The van der Waals surface area contributed by atoms with Crippen LogP contribution in [0.4, 0.5) is 5.95 Å². The first-order chi connectivity index (χ1) is 6.68. The third-order valence-corrected chi connectivity index (χ3v) is 3.04. The zero-order valence-corrected chi connectivity index (χ0v) is 8.59. The lowest BCUT2D eigenvalue weighted by atomic mass is 9.99. The van der Waals surface area contributed by atoms with Gasteiger partial charge in [-0.05, 0) is 37.2 Å². The zero-order valence-electron chi connectivity index (χ0n) is 8.59. The van der Waals surface area contributed by atoms with Gasteiger partial charge in [-0.3, -0.25) is 0 Å². The van der Waals surface area contributed by atoms with E-state index in [0.717, 1.165) is 19.4 Å². The minimum absolute atomic E-state index is 0.358. The molecular weight excluding hydrogens is 180 g/mol. The molecule has 14 heavy (non-hydrogen) atoms. The Kier molecular flexibility index (Phi) is 2.37. The van der Waals surface area contributed by atoms with Crippen LogP contribution in [0.5, 0.6) is 0 Å². The van der Waals surface area contributed by atoms with E-state index in [9.17, 15) is 0 Å². The molecule has 1 aliphatic heterocycles. The van der Waals surface area contributed by atoms with Crippen LogP contribution in [-0.4, -0.2) is 44.7 Å². The molecule has 0 aromatic carbocycles. The van der Waals surface area contributed by atoms with Gasteiger partial charge in [0.25, 0.3) is 0 Å². The van der Waals surface area contributed by atoms with E-state index in [4.69, 9.17) is 5.73 Å². The second kappa shape index (κ2) is 3.53. The van der Waals surface area contributed by atoms with E-state index in [-0.39, 0.29) is 0 Å². The lowest BCUT2D eigenvalue weighted by molar-refractivity contribution is 0.150. The average molecular weight is 196 g/mol. The van der Waals surface area contributed by atoms with Gasteiger partial charge in [0.15, 0.2) is 0 Å². The second-order valence-corrected chi connectivity index (χ2v) is 3.99. The zero-order chi connectivity index (χ0) is 10.1. The largest absolute Gasteiger partial charge is 0.367 e. The van der Waals surface area contributed by atoms with Gasteiger partial charge < -0.3 is 10.6 Å². The predicted molar refractivity (Wildman–Crippen MR) is 52.6 cm³/mol. The maximum atomic E-state index is 5.66. The number of aromatic nitrogens is 4. The molecule has 2 atom stereocenters. The lowest BCUT2D eigenvalue weighted by Gasteiger charge is -2.34. The fraction of sp³-hybridized carbons (Fsp3) is 0.875. The van der Waals surface area contributed by atoms with E-state index in [1.807, 2.05) is 0 Å². The van der Waals surface area contributed by atoms with Crippen molar-refractivity contribution in [3.8, 4) is 0 Å². The number of nitrogen functional groups attached to an aromatic ring is 1. The van der Waals surface area contributed by atoms with Crippen LogP contribution in [-0.2, 0) is 0 Å². The highest BCUT2D eigenvalue weighted by Gasteiger charge is 2.25. The van der Waals surface area contributed by atoms with Gasteiger partial charge in [0.05, 0.1) is 6.04 Å². The molecule has 0 aliphatic carbocycles. The quantitative estimate of drug-likeness (QED) is 0.679. The maximum absolute atomic E-state index is 5.66. The molecule has 2 unspecified atom stereocenters. The number of nitrogens with zero attached hydrogens (tertiary/aromatic N) is 5. The number of likely N-dealkylation sites (tertiary alicyclic amines) is 1. The maximum Gasteiger partial charge on any atom is 0.240 e. The first-order valence-corrected chi connectivity index (χ1v) is 4.92. The summed E-state index contributed by atoms with van der Waals surface area (Å²) >= 11 is 0. The fourth-order valence-electron chi connectivity index (χ4n) is 1.95. The number of piperidine rings is 1. The van der Waals surface area contributed by atoms with Gasteiger partial charge in [0, 0.05) is 12.6 Å². The molecule has 1 aromatic heterocycles. The number of nitrogens with two attached hydrogens (primary N) is 1. The van der Waals surface area contributed by atoms with Crippen LogP contribution in [0.25, 0.3) is 0 Å². The molecule has 6 heteroatoms. The van der Waals surface area contributed by atoms with Gasteiger partial charge in [0.2, 0.25) is 5.95 Å². The van der Waals surface area contributed by atoms with Gasteiger partial charge in [-0.1, -0.05) is 5.10 Å². The third kappa shape index (κ3) is 1.57. The molecule has 0 saturated carbocycles. The molecule has 0 radical (unpaired) electrons. The van der Waals surface area contributed by atoms with E-state index >= 15 is 0 Å². The molecule has 0 bridgehead atoms. The van der Waals surface area contributed by atoms with E-state index in [1.54, 1.807) is 4.68 Å². The summed E-state index contributed by atoms with van der Waals surface area (Å²) < 4.78 is 1.74. The first-order valence-electron chi connectivity index (χ1n) is 4.92. The summed E-state index contributed by atoms with van der Waals surface area (Å²) in [6, 6.07) is 0.925. The van der Waals surface area contributed by atoms with Crippen LogP contribution in [0.3, 0.4) is 0 Å². The van der Waals surface area contributed by atoms with Crippen molar-refractivity contribution in [1.82, 2.24) is 25.1 Å². The van der Waals surface area contributed by atoms with E-state index in [2.05, 4.69) is 34.4 Å². The summed E-state index contributed by atoms with van der Waals surface area (Å²) in [7, 11) is 2.14. The van der Waals surface area contributed by atoms with Crippen LogP contribution >= 0.6 is 0 Å². The van der Waals surface area contributed by atoms with Crippen molar-refractivity contribution in [3.63, 3.8) is 0 Å². The van der Waals surface area contributed by atoms with Crippen LogP contribution in [0.15, 0.2) is 0 Å². The van der Waals surface area contributed by atoms with Crippen molar-refractivity contribution in [1.29, 1.82) is 0 Å². The number of hydrogen-bond acceptors (Lipinski definition) is 5. The Morgan fingerprint density at radius 3 is 2.86 bits per heavy atom. The summed E-state index contributed by atoms with van der Waals surface area (Å²) in [5.41, 5.74) is 5.66. The standard InChI is InChI=1S/C8H16N6/c1-6-5-7(3-4-13(6)2)14-8(9)10-11-12-14/h6-7H,3-5H2,1-2H3,(H2,9,10,12). The minimum Gasteiger partial charge on any atom is -0.367 e. The molecule has 78 valence electrons. The van der Waals surface area contributed by atoms with Gasteiger partial charge in [-0.15, -0.1) is 0 Å². The lowest BCUT2D eigenvalue weighted by Crippen LogP contribution is -2.38. The molecule has 1 aliphatic rings. The average Bonchev–Trinajstić information content (AvgIpc) is 2.57. The summed E-state index contributed by atoms with van der Waals surface area (Å²) in [6.45, 7) is 3.29. The highest BCUT2D eigenvalue weighted by molar-refractivity contribution is 5.11. The number of hydrogen-bond donors (Lipinski definition) is 1. The third-order valence-electron chi connectivity index (χ3n) is 3.04. The molecule has 2 rings (SSSR count). The van der Waals surface area contributed by atoms with Crippen LogP contribution in [0.2, 0.25) is 0 Å². The molecule has 1 fully saturated rings. The van der Waals surface area contributed by atoms with Crippen molar-refractivity contribution >= 4 is 5.95 Å². The predicted octanol–water partition coefficient (Wildman–Crippen LogP) is -0.0895. The second-order valence-electron chi connectivity index (χ2n) is 3.99. The van der Waals surface area contributed by atoms with Gasteiger partial charge in [-0.2, -0.15) is 0 Å². The fourth-order valence-corrected chi connectivity index (χ4v) is 1.95. The molecule has 0 amide bonds. The number of rotatable bonds is 1. The topological polar surface area (TPSA) is 72.9 Å². The van der Waals surface area contributed by atoms with Crippen molar-refractivity contribution < 1.29 is 0 Å². The Hall–Kier alpha value is -1.17. The van der Waals surface area contributed by atoms with E-state index in [1.165, 1.54) is 0 Å². The normalized spacial score (nSPS) is 29.3. The SMILES string of the molecule is CC1CC(n2nnnc2N)CCN1C. The monoisotopic (exact) mass is 196 g/mol. The number of tetrazole rings is 1. The van der Waals surface area contributed by atoms with E-state index in [0.29, 0.717) is 18.0 Å². The Labute approximate surface area is 83.1 Å². The molecule has 1 saturated heterocycles. The van der Waals surface area contributed by atoms with Crippen molar-refractivity contribution in [3.05, 3.63) is 0 Å². The summed E-state index contributed by atoms with van der Waals surface area (Å²) in [6.07, 6.45) is 2.13. The molecule has 2 heterocycles. The van der Waals surface area contributed by atoms with Crippen molar-refractivity contribution in [2.75, 3.05) is 19.3 Å². The van der Waals surface area contributed by atoms with Crippen molar-refractivity contribution in [2.24, 2.45) is 0 Å². The van der Waals surface area contributed by atoms with Gasteiger partial charge >= 0.3 is 0 Å². The van der Waals surface area contributed by atoms with E-state index < -0.39 is 0 Å². The molecule has 0 spiro atoms. The molecule has 2 N–H and O–H groups in total. The van der Waals surface area contributed by atoms with Gasteiger partial charge in [-0.25, -0.2) is 4.68 Å². The minimum atomic E-state index is 0.358. The Morgan fingerprint density at radius 1 is 1.50 bits per heavy atom. The van der Waals surface area contributed by atoms with Crippen molar-refractivity contribution in [2.45, 2.75) is 31.8 Å². The Balaban J connectivity index is 2.10. The summed E-state index contributed by atoms with van der Waals surface area (Å²) in [5.74, 6) is 0.423. The molecule has 1 aromatic rings.